The summed E-state index contributed by atoms with van der Waals surface area (Å²) in [6.45, 7) is 1.76. The van der Waals surface area contributed by atoms with Crippen molar-refractivity contribution in [1.29, 1.82) is 0 Å². The third-order valence-corrected chi connectivity index (χ3v) is 6.51. The maximum atomic E-state index is 13.5. The third-order valence-electron chi connectivity index (χ3n) is 4.94. The van der Waals surface area contributed by atoms with Crippen LogP contribution >= 0.6 is 35.0 Å². The Kier molecular flexibility index (Phi) is 6.56. The molecule has 3 aromatic rings. The molecule has 1 aliphatic rings. The first-order valence-corrected chi connectivity index (χ1v) is 11.3. The number of carbonyl (C=O) groups excluding carboxylic acids is 2. The van der Waals surface area contributed by atoms with Gasteiger partial charge in [0.05, 0.1) is 12.8 Å². The van der Waals surface area contributed by atoms with Crippen molar-refractivity contribution < 1.29 is 19.4 Å². The van der Waals surface area contributed by atoms with Crippen LogP contribution in [0.1, 0.15) is 5.56 Å². The van der Waals surface area contributed by atoms with Crippen LogP contribution in [0.5, 0.6) is 11.5 Å². The van der Waals surface area contributed by atoms with Gasteiger partial charge in [-0.05, 0) is 61.0 Å². The number of nitrogens with one attached hydrogen (secondary N) is 1. The van der Waals surface area contributed by atoms with Crippen LogP contribution in [-0.2, 0) is 9.59 Å². The fourth-order valence-corrected chi connectivity index (χ4v) is 4.44. The second-order valence-corrected chi connectivity index (χ2v) is 9.10. The fourth-order valence-electron chi connectivity index (χ4n) is 3.22. The molecule has 0 bridgehead atoms. The Balaban J connectivity index is 1.79. The van der Waals surface area contributed by atoms with Crippen molar-refractivity contribution in [2.45, 2.75) is 11.8 Å². The van der Waals surface area contributed by atoms with E-state index in [0.29, 0.717) is 27.0 Å². The van der Waals surface area contributed by atoms with Gasteiger partial charge in [0, 0.05) is 26.7 Å². The molecular formula is C24H18Cl2N2O4S. The molecule has 2 amide bonds. The summed E-state index contributed by atoms with van der Waals surface area (Å²) in [6.07, 6.45) is 0. The predicted molar refractivity (Wildman–Crippen MR) is 131 cm³/mol. The molecule has 6 nitrogen and oxygen atoms in total. The van der Waals surface area contributed by atoms with Crippen LogP contribution < -0.4 is 15.0 Å². The molecule has 1 heterocycles. The summed E-state index contributed by atoms with van der Waals surface area (Å²) >= 11 is 13.3. The van der Waals surface area contributed by atoms with Crippen LogP contribution in [0, 0.1) is 6.92 Å². The smallest absolute Gasteiger partial charge is 0.283 e. The van der Waals surface area contributed by atoms with Gasteiger partial charge in [-0.25, -0.2) is 4.90 Å². The van der Waals surface area contributed by atoms with Gasteiger partial charge in [0.2, 0.25) is 0 Å². The molecule has 0 saturated carbocycles. The standard InChI is InChI=1S/C24H18Cl2N2O4S/c1-13-3-7-16(12-19(13)29)27-21-22(33-17-8-4-14(25)5-9-17)24(31)28(23(21)30)18-11-15(26)6-10-20(18)32-2/h3-12,27,29H,1-2H3. The Morgan fingerprint density at radius 3 is 2.30 bits per heavy atom. The molecule has 0 unspecified atom stereocenters. The lowest BCUT2D eigenvalue weighted by atomic mass is 10.2. The number of thioether (sulfide) groups is 1. The van der Waals surface area contributed by atoms with Gasteiger partial charge in [0.25, 0.3) is 11.8 Å². The number of aryl methyl sites for hydroxylation is 1. The minimum Gasteiger partial charge on any atom is -0.508 e. The number of imide groups is 1. The number of carbonyl (C=O) groups is 2. The number of hydrogen-bond donors (Lipinski definition) is 2. The number of phenols is 1. The first-order valence-electron chi connectivity index (χ1n) is 9.75. The zero-order chi connectivity index (χ0) is 23.7. The van der Waals surface area contributed by atoms with Gasteiger partial charge in [0.1, 0.15) is 22.1 Å². The number of rotatable bonds is 6. The third kappa shape index (κ3) is 4.66. The summed E-state index contributed by atoms with van der Waals surface area (Å²) < 4.78 is 5.36. The minimum atomic E-state index is -0.572. The van der Waals surface area contributed by atoms with Crippen molar-refractivity contribution in [3.05, 3.63) is 86.9 Å². The van der Waals surface area contributed by atoms with Crippen molar-refractivity contribution in [3.63, 3.8) is 0 Å². The van der Waals surface area contributed by atoms with E-state index in [2.05, 4.69) is 5.32 Å². The molecule has 0 aromatic heterocycles. The average Bonchev–Trinajstić information content (AvgIpc) is 3.01. The Bertz CT molecular complexity index is 1290. The van der Waals surface area contributed by atoms with E-state index >= 15 is 0 Å². The van der Waals surface area contributed by atoms with E-state index in [1.807, 2.05) is 0 Å². The number of methoxy groups -OCH3 is 1. The molecule has 0 spiro atoms. The van der Waals surface area contributed by atoms with E-state index in [1.165, 1.54) is 19.2 Å². The van der Waals surface area contributed by atoms with Gasteiger partial charge in [-0.3, -0.25) is 9.59 Å². The fraction of sp³-hybridized carbons (Fsp3) is 0.0833. The summed E-state index contributed by atoms with van der Waals surface area (Å²) in [5.74, 6) is -0.708. The number of nitrogens with zero attached hydrogens (tertiary/aromatic N) is 1. The van der Waals surface area contributed by atoms with E-state index in [0.717, 1.165) is 21.6 Å². The molecule has 0 atom stereocenters. The number of amides is 2. The van der Waals surface area contributed by atoms with Crippen molar-refractivity contribution in [2.24, 2.45) is 0 Å². The molecule has 9 heteroatoms. The minimum absolute atomic E-state index is 0.0673. The highest BCUT2D eigenvalue weighted by Gasteiger charge is 2.41. The molecule has 1 aliphatic heterocycles. The second kappa shape index (κ2) is 9.39. The monoisotopic (exact) mass is 500 g/mol. The number of benzene rings is 3. The Labute approximate surface area is 204 Å². The topological polar surface area (TPSA) is 78.9 Å². The highest BCUT2D eigenvalue weighted by Crippen LogP contribution is 2.41. The number of phenolic OH excluding ortho intramolecular Hbond substituents is 1. The molecule has 2 N–H and O–H groups in total. The van der Waals surface area contributed by atoms with Crippen LogP contribution in [-0.4, -0.2) is 24.0 Å². The molecular weight excluding hydrogens is 483 g/mol. The van der Waals surface area contributed by atoms with Crippen LogP contribution in [0.4, 0.5) is 11.4 Å². The quantitative estimate of drug-likeness (QED) is 0.403. The van der Waals surface area contributed by atoms with E-state index in [-0.39, 0.29) is 22.0 Å². The maximum Gasteiger partial charge on any atom is 0.283 e. The van der Waals surface area contributed by atoms with E-state index in [9.17, 15) is 14.7 Å². The molecule has 0 fully saturated rings. The number of halogens is 2. The van der Waals surface area contributed by atoms with Crippen molar-refractivity contribution in [3.8, 4) is 11.5 Å². The molecule has 33 heavy (non-hydrogen) atoms. The molecule has 168 valence electrons. The van der Waals surface area contributed by atoms with Gasteiger partial charge in [-0.1, -0.05) is 41.0 Å². The van der Waals surface area contributed by atoms with Gasteiger partial charge >= 0.3 is 0 Å². The highest BCUT2D eigenvalue weighted by molar-refractivity contribution is 8.04. The van der Waals surface area contributed by atoms with Crippen molar-refractivity contribution >= 4 is 58.2 Å². The first-order chi connectivity index (χ1) is 15.8. The van der Waals surface area contributed by atoms with Gasteiger partial charge in [-0.2, -0.15) is 0 Å². The molecule has 3 aromatic carbocycles. The molecule has 0 aliphatic carbocycles. The van der Waals surface area contributed by atoms with Crippen molar-refractivity contribution in [2.75, 3.05) is 17.3 Å². The summed E-state index contributed by atoms with van der Waals surface area (Å²) in [6, 6.07) is 16.5. The Morgan fingerprint density at radius 2 is 1.64 bits per heavy atom. The zero-order valence-corrected chi connectivity index (χ0v) is 19.9. The molecule has 0 saturated heterocycles. The zero-order valence-electron chi connectivity index (χ0n) is 17.6. The lowest BCUT2D eigenvalue weighted by Gasteiger charge is -2.18. The summed E-state index contributed by atoms with van der Waals surface area (Å²) in [7, 11) is 1.45. The number of anilines is 2. The molecule has 4 rings (SSSR count). The van der Waals surface area contributed by atoms with Crippen molar-refractivity contribution in [1.82, 2.24) is 0 Å². The largest absolute Gasteiger partial charge is 0.508 e. The van der Waals surface area contributed by atoms with Crippen LogP contribution in [0.15, 0.2) is 76.2 Å². The lowest BCUT2D eigenvalue weighted by molar-refractivity contribution is -0.120. The van der Waals surface area contributed by atoms with Gasteiger partial charge in [0.15, 0.2) is 0 Å². The predicted octanol–water partition coefficient (Wildman–Crippen LogP) is 6.01. The van der Waals surface area contributed by atoms with E-state index < -0.39 is 11.8 Å². The summed E-state index contributed by atoms with van der Waals surface area (Å²) in [5, 5.41) is 14.0. The maximum absolute atomic E-state index is 13.5. The lowest BCUT2D eigenvalue weighted by Crippen LogP contribution is -2.32. The number of ether oxygens (including phenoxy) is 1. The first kappa shape index (κ1) is 23.0. The second-order valence-electron chi connectivity index (χ2n) is 7.15. The van der Waals surface area contributed by atoms with E-state index in [4.69, 9.17) is 27.9 Å². The van der Waals surface area contributed by atoms with Gasteiger partial charge < -0.3 is 15.2 Å². The summed E-state index contributed by atoms with van der Waals surface area (Å²) in [5.41, 5.74) is 1.45. The number of aromatic hydroxyl groups is 1. The van der Waals surface area contributed by atoms with Gasteiger partial charge in [-0.15, -0.1) is 0 Å². The Morgan fingerprint density at radius 1 is 0.939 bits per heavy atom. The Hall–Kier alpha value is -3.13. The van der Waals surface area contributed by atoms with E-state index in [1.54, 1.807) is 55.5 Å². The number of hydrogen-bond acceptors (Lipinski definition) is 6. The normalized spacial score (nSPS) is 13.6. The molecule has 0 radical (unpaired) electrons. The average molecular weight is 501 g/mol. The summed E-state index contributed by atoms with van der Waals surface area (Å²) in [4.78, 5) is 28.9. The van der Waals surface area contributed by atoms with Crippen LogP contribution in [0.2, 0.25) is 10.0 Å². The SMILES string of the molecule is COc1ccc(Cl)cc1N1C(=O)C(Nc2ccc(C)c(O)c2)=C(Sc2ccc(Cl)cc2)C1=O. The van der Waals surface area contributed by atoms with Crippen LogP contribution in [0.3, 0.4) is 0 Å². The van der Waals surface area contributed by atoms with Crippen LogP contribution in [0.25, 0.3) is 0 Å². The highest BCUT2D eigenvalue weighted by atomic mass is 35.5.